The minimum atomic E-state index is -3.40. The van der Waals surface area contributed by atoms with Crippen LogP contribution in [0, 0.1) is 0 Å². The third kappa shape index (κ3) is 3.04. The highest BCUT2D eigenvalue weighted by Gasteiger charge is 2.38. The van der Waals surface area contributed by atoms with Crippen molar-refractivity contribution in [1.82, 2.24) is 4.31 Å². The second-order valence-electron chi connectivity index (χ2n) is 5.52. The van der Waals surface area contributed by atoms with Crippen molar-refractivity contribution in [3.05, 3.63) is 52.4 Å². The third-order valence-electron chi connectivity index (χ3n) is 4.06. The molecule has 0 atom stereocenters. The van der Waals surface area contributed by atoms with Gasteiger partial charge >= 0.3 is 5.97 Å². The normalized spacial score (nSPS) is 16.2. The smallest absolute Gasteiger partial charge is 0.335 e. The van der Waals surface area contributed by atoms with Crippen LogP contribution < -0.4 is 0 Å². The van der Waals surface area contributed by atoms with E-state index in [2.05, 4.69) is 0 Å². The fraction of sp³-hybridized carbons (Fsp3) is 0.312. The molecule has 3 rings (SSSR count). The van der Waals surface area contributed by atoms with Gasteiger partial charge in [-0.2, -0.15) is 4.31 Å². The van der Waals surface area contributed by atoms with E-state index in [0.717, 1.165) is 16.9 Å². The van der Waals surface area contributed by atoms with Gasteiger partial charge in [-0.1, -0.05) is 19.1 Å². The molecule has 122 valence electrons. The van der Waals surface area contributed by atoms with Crippen molar-refractivity contribution >= 4 is 27.3 Å². The van der Waals surface area contributed by atoms with Gasteiger partial charge in [0.05, 0.1) is 5.56 Å². The molecule has 2 heterocycles. The average Bonchev–Trinajstić information content (AvgIpc) is 2.95. The zero-order chi connectivity index (χ0) is 16.6. The molecule has 23 heavy (non-hydrogen) atoms. The van der Waals surface area contributed by atoms with E-state index in [1.54, 1.807) is 30.3 Å². The van der Waals surface area contributed by atoms with Gasteiger partial charge in [0.1, 0.15) is 4.21 Å². The number of carboxylic acids is 1. The molecule has 1 aromatic carbocycles. The Bertz CT molecular complexity index is 818. The first-order chi connectivity index (χ1) is 10.9. The number of aromatic carboxylic acids is 1. The van der Waals surface area contributed by atoms with E-state index in [-0.39, 0.29) is 11.5 Å². The zero-order valence-electron chi connectivity index (χ0n) is 12.6. The van der Waals surface area contributed by atoms with Crippen LogP contribution in [-0.4, -0.2) is 36.9 Å². The fourth-order valence-electron chi connectivity index (χ4n) is 2.56. The maximum absolute atomic E-state index is 12.5. The van der Waals surface area contributed by atoms with E-state index in [1.807, 2.05) is 13.0 Å². The van der Waals surface area contributed by atoms with Crippen LogP contribution in [0.2, 0.25) is 0 Å². The molecule has 0 amide bonds. The summed E-state index contributed by atoms with van der Waals surface area (Å²) >= 11 is 1.32. The SMILES string of the molecule is CCc1ccc(S(=O)(=O)N2CC(c3ccc(C(=O)O)cc3)C2)s1. The molecule has 5 nitrogen and oxygen atoms in total. The fourth-order valence-corrected chi connectivity index (χ4v) is 5.54. The van der Waals surface area contributed by atoms with Gasteiger partial charge in [-0.25, -0.2) is 13.2 Å². The molecule has 1 aliphatic heterocycles. The molecule has 0 saturated carbocycles. The van der Waals surface area contributed by atoms with E-state index in [4.69, 9.17) is 5.11 Å². The molecule has 1 aromatic heterocycles. The standard InChI is InChI=1S/C16H17NO4S2/c1-2-14-7-8-15(22-14)23(20,21)17-9-13(10-17)11-3-5-12(6-4-11)16(18)19/h3-8,13H,2,9-10H2,1H3,(H,18,19). The lowest BCUT2D eigenvalue weighted by atomic mass is 9.93. The number of carboxylic acid groups (broad SMARTS) is 1. The number of hydrogen-bond donors (Lipinski definition) is 1. The van der Waals surface area contributed by atoms with Crippen LogP contribution in [0.1, 0.15) is 33.6 Å². The van der Waals surface area contributed by atoms with Gasteiger partial charge in [-0.05, 0) is 36.2 Å². The Morgan fingerprint density at radius 2 is 1.87 bits per heavy atom. The maximum Gasteiger partial charge on any atom is 0.335 e. The van der Waals surface area contributed by atoms with E-state index in [9.17, 15) is 13.2 Å². The van der Waals surface area contributed by atoms with Gasteiger partial charge < -0.3 is 5.11 Å². The summed E-state index contributed by atoms with van der Waals surface area (Å²) in [5.74, 6) is -0.836. The summed E-state index contributed by atoms with van der Waals surface area (Å²) in [6.45, 7) is 2.88. The van der Waals surface area contributed by atoms with E-state index in [0.29, 0.717) is 17.3 Å². The van der Waals surface area contributed by atoms with Crippen molar-refractivity contribution < 1.29 is 18.3 Å². The van der Waals surface area contributed by atoms with E-state index < -0.39 is 16.0 Å². The van der Waals surface area contributed by atoms with Gasteiger partial charge in [0.15, 0.2) is 0 Å². The van der Waals surface area contributed by atoms with Crippen LogP contribution in [0.15, 0.2) is 40.6 Å². The Balaban J connectivity index is 1.69. The molecule has 1 aliphatic rings. The molecule has 0 aliphatic carbocycles. The Morgan fingerprint density at radius 1 is 1.22 bits per heavy atom. The number of aryl methyl sites for hydroxylation is 1. The van der Waals surface area contributed by atoms with Gasteiger partial charge in [-0.3, -0.25) is 0 Å². The Labute approximate surface area is 139 Å². The molecule has 1 N–H and O–H groups in total. The molecule has 0 radical (unpaired) electrons. The zero-order valence-corrected chi connectivity index (χ0v) is 14.2. The van der Waals surface area contributed by atoms with E-state index in [1.165, 1.54) is 15.6 Å². The van der Waals surface area contributed by atoms with Crippen LogP contribution in [0.3, 0.4) is 0 Å². The minimum Gasteiger partial charge on any atom is -0.478 e. The summed E-state index contributed by atoms with van der Waals surface area (Å²) in [4.78, 5) is 11.9. The van der Waals surface area contributed by atoms with Crippen molar-refractivity contribution in [2.24, 2.45) is 0 Å². The predicted octanol–water partition coefficient (Wildman–Crippen LogP) is 2.80. The number of nitrogens with zero attached hydrogens (tertiary/aromatic N) is 1. The van der Waals surface area contributed by atoms with Gasteiger partial charge in [-0.15, -0.1) is 11.3 Å². The lowest BCUT2D eigenvalue weighted by Gasteiger charge is -2.38. The quantitative estimate of drug-likeness (QED) is 0.899. The van der Waals surface area contributed by atoms with Crippen molar-refractivity contribution in [3.63, 3.8) is 0 Å². The number of carbonyl (C=O) groups is 1. The average molecular weight is 351 g/mol. The molecular weight excluding hydrogens is 334 g/mol. The van der Waals surface area contributed by atoms with Crippen LogP contribution in [-0.2, 0) is 16.4 Å². The molecule has 7 heteroatoms. The maximum atomic E-state index is 12.5. The number of rotatable bonds is 5. The van der Waals surface area contributed by atoms with Crippen LogP contribution in [0.25, 0.3) is 0 Å². The first-order valence-electron chi connectivity index (χ1n) is 7.34. The summed E-state index contributed by atoms with van der Waals surface area (Å²) in [5, 5.41) is 8.90. The Morgan fingerprint density at radius 3 is 2.39 bits per heavy atom. The van der Waals surface area contributed by atoms with Gasteiger partial charge in [0, 0.05) is 23.9 Å². The number of benzene rings is 1. The number of thiophene rings is 1. The van der Waals surface area contributed by atoms with Crippen LogP contribution in [0.5, 0.6) is 0 Å². The summed E-state index contributed by atoms with van der Waals surface area (Å²) in [6.07, 6.45) is 0.832. The second kappa shape index (κ2) is 6.07. The van der Waals surface area contributed by atoms with Crippen molar-refractivity contribution in [2.45, 2.75) is 23.5 Å². The first kappa shape index (κ1) is 16.2. The van der Waals surface area contributed by atoms with Gasteiger partial charge in [0.25, 0.3) is 10.0 Å². The topological polar surface area (TPSA) is 74.7 Å². The Kier molecular flexibility index (Phi) is 4.27. The molecule has 0 unspecified atom stereocenters. The molecular formula is C16H17NO4S2. The highest BCUT2D eigenvalue weighted by Crippen LogP contribution is 2.34. The Hall–Kier alpha value is -1.70. The highest BCUT2D eigenvalue weighted by molar-refractivity contribution is 7.91. The van der Waals surface area contributed by atoms with Crippen molar-refractivity contribution in [2.75, 3.05) is 13.1 Å². The first-order valence-corrected chi connectivity index (χ1v) is 9.59. The lowest BCUT2D eigenvalue weighted by molar-refractivity contribution is 0.0697. The lowest BCUT2D eigenvalue weighted by Crippen LogP contribution is -2.48. The summed E-state index contributed by atoms with van der Waals surface area (Å²) < 4.78 is 26.9. The second-order valence-corrected chi connectivity index (χ2v) is 8.85. The molecule has 0 spiro atoms. The molecule has 1 saturated heterocycles. The highest BCUT2D eigenvalue weighted by atomic mass is 32.2. The summed E-state index contributed by atoms with van der Waals surface area (Å²) in [6, 6.07) is 10.2. The predicted molar refractivity (Wildman–Crippen MR) is 88.6 cm³/mol. The monoisotopic (exact) mass is 351 g/mol. The molecule has 1 fully saturated rings. The largest absolute Gasteiger partial charge is 0.478 e. The van der Waals surface area contributed by atoms with E-state index >= 15 is 0 Å². The van der Waals surface area contributed by atoms with Crippen LogP contribution >= 0.6 is 11.3 Å². The summed E-state index contributed by atoms with van der Waals surface area (Å²) in [5.41, 5.74) is 1.21. The number of hydrogen-bond acceptors (Lipinski definition) is 4. The summed E-state index contributed by atoms with van der Waals surface area (Å²) in [7, 11) is -3.40. The van der Waals surface area contributed by atoms with Crippen LogP contribution in [0.4, 0.5) is 0 Å². The number of sulfonamides is 1. The van der Waals surface area contributed by atoms with Gasteiger partial charge in [0.2, 0.25) is 0 Å². The molecule has 0 bridgehead atoms. The van der Waals surface area contributed by atoms with Crippen molar-refractivity contribution in [1.29, 1.82) is 0 Å². The molecule has 2 aromatic rings. The van der Waals surface area contributed by atoms with Crippen molar-refractivity contribution in [3.8, 4) is 0 Å². The minimum absolute atomic E-state index is 0.123. The third-order valence-corrected chi connectivity index (χ3v) is 7.59.